The van der Waals surface area contributed by atoms with E-state index in [1.54, 1.807) is 24.3 Å². The van der Waals surface area contributed by atoms with Gasteiger partial charge in [-0.25, -0.2) is 0 Å². The number of Topliss-reactive ketones (excluding diaryl/α,β-unsaturated/α-hetero) is 1. The van der Waals surface area contributed by atoms with Gasteiger partial charge in [0.25, 0.3) is 0 Å². The van der Waals surface area contributed by atoms with Gasteiger partial charge in [0, 0.05) is 24.2 Å². The van der Waals surface area contributed by atoms with Crippen molar-refractivity contribution in [1.82, 2.24) is 4.90 Å². The second kappa shape index (κ2) is 9.38. The lowest BCUT2D eigenvalue weighted by Gasteiger charge is -2.29. The van der Waals surface area contributed by atoms with E-state index >= 15 is 0 Å². The monoisotopic (exact) mass is 377 g/mol. The Hall–Kier alpha value is -2.85. The first-order chi connectivity index (χ1) is 13.5. The van der Waals surface area contributed by atoms with Gasteiger partial charge < -0.3 is 10.2 Å². The number of hydrogen-bond donors (Lipinski definition) is 2. The Labute approximate surface area is 166 Å². The van der Waals surface area contributed by atoms with Crippen LogP contribution in [0, 0.1) is 0 Å². The van der Waals surface area contributed by atoms with Crippen LogP contribution >= 0.6 is 0 Å². The highest BCUT2D eigenvalue weighted by molar-refractivity contribution is 6.09. The molecule has 1 aliphatic rings. The SMILES string of the molecule is CCCN1C/C(=C/Cc2ccc(O)cc2)C(=O)/C(=C\Cc2ccc(O)cc2)C1. The van der Waals surface area contributed by atoms with Crippen molar-refractivity contribution in [2.45, 2.75) is 26.2 Å². The number of likely N-dealkylation sites (tertiary alicyclic amines) is 1. The van der Waals surface area contributed by atoms with Gasteiger partial charge in [-0.15, -0.1) is 0 Å². The Morgan fingerprint density at radius 2 is 1.25 bits per heavy atom. The summed E-state index contributed by atoms with van der Waals surface area (Å²) in [7, 11) is 0. The van der Waals surface area contributed by atoms with Crippen molar-refractivity contribution in [3.63, 3.8) is 0 Å². The van der Waals surface area contributed by atoms with Gasteiger partial charge in [0.15, 0.2) is 5.78 Å². The largest absolute Gasteiger partial charge is 0.508 e. The summed E-state index contributed by atoms with van der Waals surface area (Å²) in [5.74, 6) is 0.627. The normalized spacial score (nSPS) is 18.1. The smallest absolute Gasteiger partial charge is 0.186 e. The van der Waals surface area contributed by atoms with E-state index in [9.17, 15) is 15.0 Å². The van der Waals surface area contributed by atoms with Gasteiger partial charge in [-0.2, -0.15) is 0 Å². The third-order valence-electron chi connectivity index (χ3n) is 4.95. The molecule has 2 N–H and O–H groups in total. The third-order valence-corrected chi connectivity index (χ3v) is 4.95. The van der Waals surface area contributed by atoms with Crippen molar-refractivity contribution in [2.24, 2.45) is 0 Å². The molecule has 28 heavy (non-hydrogen) atoms. The summed E-state index contributed by atoms with van der Waals surface area (Å²) in [4.78, 5) is 15.3. The van der Waals surface area contributed by atoms with Crippen LogP contribution < -0.4 is 0 Å². The molecule has 0 aromatic heterocycles. The van der Waals surface area contributed by atoms with E-state index in [2.05, 4.69) is 11.8 Å². The van der Waals surface area contributed by atoms with Gasteiger partial charge >= 0.3 is 0 Å². The van der Waals surface area contributed by atoms with Crippen LogP contribution in [0.25, 0.3) is 0 Å². The summed E-state index contributed by atoms with van der Waals surface area (Å²) >= 11 is 0. The molecule has 0 spiro atoms. The number of benzene rings is 2. The zero-order chi connectivity index (χ0) is 19.9. The Morgan fingerprint density at radius 3 is 1.64 bits per heavy atom. The summed E-state index contributed by atoms with van der Waals surface area (Å²) in [5.41, 5.74) is 3.81. The van der Waals surface area contributed by atoms with Crippen LogP contribution in [0.4, 0.5) is 0 Å². The van der Waals surface area contributed by atoms with Gasteiger partial charge in [-0.3, -0.25) is 9.69 Å². The van der Waals surface area contributed by atoms with E-state index in [1.165, 1.54) is 0 Å². The van der Waals surface area contributed by atoms with E-state index < -0.39 is 0 Å². The van der Waals surface area contributed by atoms with Crippen LogP contribution in [-0.2, 0) is 17.6 Å². The highest BCUT2D eigenvalue weighted by Gasteiger charge is 2.25. The number of carbonyl (C=O) groups is 1. The number of hydrogen-bond acceptors (Lipinski definition) is 4. The molecule has 0 bridgehead atoms. The number of piperidine rings is 1. The fourth-order valence-electron chi connectivity index (χ4n) is 3.42. The second-order valence-corrected chi connectivity index (χ2v) is 7.24. The van der Waals surface area contributed by atoms with Crippen molar-refractivity contribution >= 4 is 5.78 Å². The third kappa shape index (κ3) is 5.33. The molecule has 0 saturated carbocycles. The van der Waals surface area contributed by atoms with Crippen molar-refractivity contribution in [1.29, 1.82) is 0 Å². The Balaban J connectivity index is 1.76. The minimum Gasteiger partial charge on any atom is -0.508 e. The average Bonchev–Trinajstić information content (AvgIpc) is 2.69. The number of allylic oxidation sites excluding steroid dienone is 2. The quantitative estimate of drug-likeness (QED) is 0.746. The Kier molecular flexibility index (Phi) is 6.66. The average molecular weight is 377 g/mol. The zero-order valence-electron chi connectivity index (χ0n) is 16.3. The number of ketones is 1. The standard InChI is InChI=1S/C24H27NO3/c1-2-15-25-16-20(9-3-18-5-11-22(26)12-6-18)24(28)21(17-25)10-4-19-7-13-23(27)14-8-19/h5-14,26-27H,2-4,15-17H2,1H3/b20-9-,21-10-. The van der Waals surface area contributed by atoms with Gasteiger partial charge in [-0.05, 0) is 61.2 Å². The molecule has 1 saturated heterocycles. The number of aromatic hydroxyl groups is 2. The lowest BCUT2D eigenvalue weighted by molar-refractivity contribution is -0.113. The van der Waals surface area contributed by atoms with Crippen molar-refractivity contribution in [2.75, 3.05) is 19.6 Å². The molecule has 146 valence electrons. The molecule has 0 aliphatic carbocycles. The molecule has 2 aromatic rings. The van der Waals surface area contributed by atoms with E-state index in [1.807, 2.05) is 36.4 Å². The summed E-state index contributed by atoms with van der Waals surface area (Å²) in [6.45, 7) is 4.47. The maximum atomic E-state index is 13.0. The molecule has 4 nitrogen and oxygen atoms in total. The van der Waals surface area contributed by atoms with Crippen molar-refractivity contribution < 1.29 is 15.0 Å². The first kappa shape index (κ1) is 19.9. The molecule has 0 unspecified atom stereocenters. The van der Waals surface area contributed by atoms with Crippen LogP contribution in [-0.4, -0.2) is 40.5 Å². The fraction of sp³-hybridized carbons (Fsp3) is 0.292. The molecule has 3 rings (SSSR count). The lowest BCUT2D eigenvalue weighted by atomic mass is 9.94. The first-order valence-electron chi connectivity index (χ1n) is 9.76. The Morgan fingerprint density at radius 1 is 0.821 bits per heavy atom. The first-order valence-corrected chi connectivity index (χ1v) is 9.76. The van der Waals surface area contributed by atoms with Crippen LogP contribution in [0.15, 0.2) is 71.8 Å². The van der Waals surface area contributed by atoms with E-state index in [-0.39, 0.29) is 17.3 Å². The number of carbonyl (C=O) groups excluding carboxylic acids is 1. The Bertz CT molecular complexity index is 794. The topological polar surface area (TPSA) is 60.8 Å². The molecule has 1 aliphatic heterocycles. The zero-order valence-corrected chi connectivity index (χ0v) is 16.3. The van der Waals surface area contributed by atoms with Gasteiger partial charge in [0.1, 0.15) is 11.5 Å². The molecule has 1 fully saturated rings. The molecule has 0 amide bonds. The highest BCUT2D eigenvalue weighted by atomic mass is 16.3. The number of nitrogens with zero attached hydrogens (tertiary/aromatic N) is 1. The molecule has 0 radical (unpaired) electrons. The predicted molar refractivity (Wildman–Crippen MR) is 112 cm³/mol. The second-order valence-electron chi connectivity index (χ2n) is 7.24. The molecule has 1 heterocycles. The van der Waals surface area contributed by atoms with Crippen LogP contribution in [0.2, 0.25) is 0 Å². The fourth-order valence-corrected chi connectivity index (χ4v) is 3.42. The maximum absolute atomic E-state index is 13.0. The minimum atomic E-state index is 0.130. The summed E-state index contributed by atoms with van der Waals surface area (Å²) in [6, 6.07) is 14.2. The predicted octanol–water partition coefficient (Wildman–Crippen LogP) is 4.03. The minimum absolute atomic E-state index is 0.130. The van der Waals surface area contributed by atoms with Crippen LogP contribution in [0.3, 0.4) is 0 Å². The van der Waals surface area contributed by atoms with Crippen LogP contribution in [0.1, 0.15) is 24.5 Å². The summed E-state index contributed by atoms with van der Waals surface area (Å²) < 4.78 is 0. The van der Waals surface area contributed by atoms with E-state index in [0.717, 1.165) is 35.2 Å². The van der Waals surface area contributed by atoms with Crippen molar-refractivity contribution in [3.05, 3.63) is 83.0 Å². The number of phenolic OH excluding ortho intramolecular Hbond substituents is 2. The number of rotatable bonds is 6. The lowest BCUT2D eigenvalue weighted by Crippen LogP contribution is -2.38. The van der Waals surface area contributed by atoms with Gasteiger partial charge in [-0.1, -0.05) is 43.3 Å². The molecule has 2 aromatic carbocycles. The summed E-state index contributed by atoms with van der Waals surface area (Å²) in [6.07, 6.45) is 6.43. The maximum Gasteiger partial charge on any atom is 0.186 e. The van der Waals surface area contributed by atoms with Crippen molar-refractivity contribution in [3.8, 4) is 11.5 Å². The highest BCUT2D eigenvalue weighted by Crippen LogP contribution is 2.20. The number of phenols is 2. The summed E-state index contributed by atoms with van der Waals surface area (Å²) in [5, 5.41) is 18.8. The molecular formula is C24H27NO3. The van der Waals surface area contributed by atoms with Gasteiger partial charge in [0.2, 0.25) is 0 Å². The van der Waals surface area contributed by atoms with E-state index in [4.69, 9.17) is 0 Å². The van der Waals surface area contributed by atoms with E-state index in [0.29, 0.717) is 25.9 Å². The molecular weight excluding hydrogens is 350 g/mol. The van der Waals surface area contributed by atoms with Gasteiger partial charge in [0.05, 0.1) is 0 Å². The molecule has 0 atom stereocenters. The van der Waals surface area contributed by atoms with Crippen LogP contribution in [0.5, 0.6) is 11.5 Å². The molecule has 4 heteroatoms.